The SMILES string of the molecule is CC1CCCN(CC(O)=C(C#N)c2nc3ccccc3n2C)C1. The number of nitrogens with zero attached hydrogens (tertiary/aromatic N) is 4. The van der Waals surface area contributed by atoms with Crippen molar-refractivity contribution >= 4 is 16.6 Å². The van der Waals surface area contributed by atoms with Gasteiger partial charge in [-0.05, 0) is 37.4 Å². The Labute approximate surface area is 136 Å². The Bertz CT molecular complexity index is 784. The molecule has 5 nitrogen and oxygen atoms in total. The number of para-hydroxylation sites is 2. The van der Waals surface area contributed by atoms with E-state index in [-0.39, 0.29) is 11.3 Å². The van der Waals surface area contributed by atoms with Crippen LogP contribution in [0.25, 0.3) is 16.6 Å². The number of nitriles is 1. The molecule has 0 saturated carbocycles. The van der Waals surface area contributed by atoms with Crippen LogP contribution in [0.4, 0.5) is 0 Å². The number of aliphatic hydroxyl groups is 1. The van der Waals surface area contributed by atoms with Crippen LogP contribution in [0.2, 0.25) is 0 Å². The predicted octanol–water partition coefficient (Wildman–Crippen LogP) is 3.10. The van der Waals surface area contributed by atoms with Crippen LogP contribution in [0.3, 0.4) is 0 Å². The summed E-state index contributed by atoms with van der Waals surface area (Å²) < 4.78 is 1.86. The lowest BCUT2D eigenvalue weighted by Gasteiger charge is -2.30. The number of allylic oxidation sites excluding steroid dienone is 1. The summed E-state index contributed by atoms with van der Waals surface area (Å²) in [6, 6.07) is 9.88. The highest BCUT2D eigenvalue weighted by molar-refractivity contribution is 5.83. The van der Waals surface area contributed by atoms with Gasteiger partial charge in [-0.1, -0.05) is 19.1 Å². The molecule has 23 heavy (non-hydrogen) atoms. The Kier molecular flexibility index (Phi) is 4.35. The molecule has 1 saturated heterocycles. The second kappa shape index (κ2) is 6.43. The van der Waals surface area contributed by atoms with Crippen molar-refractivity contribution in [2.45, 2.75) is 19.8 Å². The molecular weight excluding hydrogens is 288 g/mol. The van der Waals surface area contributed by atoms with E-state index in [1.54, 1.807) is 0 Å². The summed E-state index contributed by atoms with van der Waals surface area (Å²) in [7, 11) is 1.87. The smallest absolute Gasteiger partial charge is 0.155 e. The number of aliphatic hydroxyl groups excluding tert-OH is 1. The summed E-state index contributed by atoms with van der Waals surface area (Å²) in [5, 5.41) is 20.1. The lowest BCUT2D eigenvalue weighted by molar-refractivity contribution is 0.177. The average molecular weight is 310 g/mol. The molecule has 5 heteroatoms. The molecule has 1 aliphatic rings. The molecular formula is C18H22N4O. The molecule has 2 heterocycles. The van der Waals surface area contributed by atoms with Crippen LogP contribution < -0.4 is 0 Å². The number of likely N-dealkylation sites (tertiary alicyclic amines) is 1. The number of piperidine rings is 1. The van der Waals surface area contributed by atoms with Gasteiger partial charge in [0.1, 0.15) is 17.4 Å². The zero-order valence-electron chi connectivity index (χ0n) is 13.7. The van der Waals surface area contributed by atoms with Gasteiger partial charge in [0, 0.05) is 13.6 Å². The minimum Gasteiger partial charge on any atom is -0.509 e. The van der Waals surface area contributed by atoms with Gasteiger partial charge in [0.2, 0.25) is 0 Å². The summed E-state index contributed by atoms with van der Waals surface area (Å²) in [5.41, 5.74) is 2.05. The third-order valence-corrected chi connectivity index (χ3v) is 4.53. The van der Waals surface area contributed by atoms with Gasteiger partial charge in [0.25, 0.3) is 0 Å². The Morgan fingerprint density at radius 2 is 2.22 bits per heavy atom. The fourth-order valence-corrected chi connectivity index (χ4v) is 3.33. The Morgan fingerprint density at radius 3 is 2.91 bits per heavy atom. The molecule has 0 radical (unpaired) electrons. The normalized spacial score (nSPS) is 20.3. The maximum atomic E-state index is 10.5. The number of hydrogen-bond donors (Lipinski definition) is 1. The highest BCUT2D eigenvalue weighted by Crippen LogP contribution is 2.23. The average Bonchev–Trinajstić information content (AvgIpc) is 2.86. The van der Waals surface area contributed by atoms with Crippen molar-refractivity contribution in [1.82, 2.24) is 14.5 Å². The summed E-state index contributed by atoms with van der Waals surface area (Å²) >= 11 is 0. The van der Waals surface area contributed by atoms with Gasteiger partial charge in [-0.2, -0.15) is 5.26 Å². The molecule has 1 unspecified atom stereocenters. The van der Waals surface area contributed by atoms with Gasteiger partial charge in [0.15, 0.2) is 5.82 Å². The number of imidazole rings is 1. The number of benzene rings is 1. The molecule has 1 aliphatic heterocycles. The summed E-state index contributed by atoms with van der Waals surface area (Å²) in [6.07, 6.45) is 2.37. The molecule has 1 atom stereocenters. The van der Waals surface area contributed by atoms with Crippen molar-refractivity contribution in [2.75, 3.05) is 19.6 Å². The van der Waals surface area contributed by atoms with E-state index < -0.39 is 0 Å². The molecule has 1 aromatic heterocycles. The molecule has 1 fully saturated rings. The van der Waals surface area contributed by atoms with Crippen molar-refractivity contribution in [3.8, 4) is 6.07 Å². The van der Waals surface area contributed by atoms with E-state index in [1.807, 2.05) is 35.9 Å². The Hall–Kier alpha value is -2.32. The predicted molar refractivity (Wildman–Crippen MR) is 90.7 cm³/mol. The largest absolute Gasteiger partial charge is 0.509 e. The fraction of sp³-hybridized carbons (Fsp3) is 0.444. The van der Waals surface area contributed by atoms with Crippen molar-refractivity contribution < 1.29 is 5.11 Å². The number of aryl methyl sites for hydroxylation is 1. The van der Waals surface area contributed by atoms with Crippen molar-refractivity contribution in [3.05, 3.63) is 35.8 Å². The van der Waals surface area contributed by atoms with Gasteiger partial charge in [-0.15, -0.1) is 0 Å². The van der Waals surface area contributed by atoms with Gasteiger partial charge in [-0.25, -0.2) is 4.98 Å². The van der Waals surface area contributed by atoms with Crippen molar-refractivity contribution in [3.63, 3.8) is 0 Å². The van der Waals surface area contributed by atoms with E-state index in [4.69, 9.17) is 0 Å². The molecule has 0 amide bonds. The van der Waals surface area contributed by atoms with Crippen LogP contribution in [0.5, 0.6) is 0 Å². The first-order valence-electron chi connectivity index (χ1n) is 8.06. The topological polar surface area (TPSA) is 65.1 Å². The highest BCUT2D eigenvalue weighted by atomic mass is 16.3. The molecule has 0 spiro atoms. The van der Waals surface area contributed by atoms with E-state index in [0.717, 1.165) is 30.5 Å². The molecule has 1 aromatic carbocycles. The summed E-state index contributed by atoms with van der Waals surface area (Å²) in [5.74, 6) is 1.27. The monoisotopic (exact) mass is 310 g/mol. The minimum atomic E-state index is 0.111. The Morgan fingerprint density at radius 1 is 1.43 bits per heavy atom. The second-order valence-corrected chi connectivity index (χ2v) is 6.40. The standard InChI is InChI=1S/C18H22N4O/c1-13-6-5-9-22(11-13)12-17(23)14(10-19)18-20-15-7-3-4-8-16(15)21(18)2/h3-4,7-8,13,23H,5-6,9,11-12H2,1-2H3. The molecule has 1 N–H and O–H groups in total. The van der Waals surface area contributed by atoms with Crippen molar-refractivity contribution in [1.29, 1.82) is 5.26 Å². The zero-order chi connectivity index (χ0) is 16.4. The van der Waals surface area contributed by atoms with E-state index >= 15 is 0 Å². The van der Waals surface area contributed by atoms with E-state index in [9.17, 15) is 10.4 Å². The van der Waals surface area contributed by atoms with Crippen LogP contribution in [-0.4, -0.2) is 39.2 Å². The second-order valence-electron chi connectivity index (χ2n) is 6.40. The maximum absolute atomic E-state index is 10.5. The first kappa shape index (κ1) is 15.6. The molecule has 2 aromatic rings. The third kappa shape index (κ3) is 3.08. The van der Waals surface area contributed by atoms with E-state index in [2.05, 4.69) is 22.9 Å². The number of rotatable bonds is 3. The van der Waals surface area contributed by atoms with Crippen molar-refractivity contribution in [2.24, 2.45) is 13.0 Å². The molecule has 3 rings (SSSR count). The van der Waals surface area contributed by atoms with Crippen LogP contribution in [0.1, 0.15) is 25.6 Å². The third-order valence-electron chi connectivity index (χ3n) is 4.53. The molecule has 120 valence electrons. The quantitative estimate of drug-likeness (QED) is 0.699. The first-order chi connectivity index (χ1) is 11.1. The van der Waals surface area contributed by atoms with Gasteiger partial charge in [-0.3, -0.25) is 4.90 Å². The van der Waals surface area contributed by atoms with Crippen LogP contribution in [-0.2, 0) is 7.05 Å². The van der Waals surface area contributed by atoms with Gasteiger partial charge < -0.3 is 9.67 Å². The van der Waals surface area contributed by atoms with Crippen LogP contribution in [0.15, 0.2) is 30.0 Å². The first-order valence-corrected chi connectivity index (χ1v) is 8.06. The van der Waals surface area contributed by atoms with E-state index in [1.165, 1.54) is 6.42 Å². The van der Waals surface area contributed by atoms with Gasteiger partial charge in [0.05, 0.1) is 17.6 Å². The number of fused-ring (bicyclic) bond motifs is 1. The van der Waals surface area contributed by atoms with E-state index in [0.29, 0.717) is 18.3 Å². The zero-order valence-corrected chi connectivity index (χ0v) is 13.7. The lowest BCUT2D eigenvalue weighted by atomic mass is 10.00. The van der Waals surface area contributed by atoms with Crippen LogP contribution in [0, 0.1) is 17.2 Å². The summed E-state index contributed by atoms with van der Waals surface area (Å²) in [4.78, 5) is 6.73. The fourth-order valence-electron chi connectivity index (χ4n) is 3.33. The Balaban J connectivity index is 1.93. The molecule has 0 bridgehead atoms. The lowest BCUT2D eigenvalue weighted by Crippen LogP contribution is -2.35. The maximum Gasteiger partial charge on any atom is 0.155 e. The summed E-state index contributed by atoms with van der Waals surface area (Å²) in [6.45, 7) is 4.57. The van der Waals surface area contributed by atoms with Gasteiger partial charge >= 0.3 is 0 Å². The number of hydrogen-bond acceptors (Lipinski definition) is 4. The molecule has 0 aliphatic carbocycles. The van der Waals surface area contributed by atoms with Crippen LogP contribution >= 0.6 is 0 Å². The minimum absolute atomic E-state index is 0.111. The highest BCUT2D eigenvalue weighted by Gasteiger charge is 2.21. The number of aromatic nitrogens is 2.